The molecular weight excluding hydrogens is 249 g/mol. The summed E-state index contributed by atoms with van der Waals surface area (Å²) < 4.78 is 12.7. The third-order valence-electron chi connectivity index (χ3n) is 2.64. The molecule has 2 rings (SSSR count). The molecule has 0 aliphatic rings. The van der Waals surface area contributed by atoms with Crippen LogP contribution in [0.2, 0.25) is 0 Å². The van der Waals surface area contributed by atoms with Gasteiger partial charge in [-0.2, -0.15) is 0 Å². The molecule has 0 aliphatic heterocycles. The largest absolute Gasteiger partial charge is 0.397 e. The fraction of sp³-hybridized carbons (Fsp3) is 0.0769. The van der Waals surface area contributed by atoms with Gasteiger partial charge in [-0.15, -0.1) is 0 Å². The summed E-state index contributed by atoms with van der Waals surface area (Å²) in [7, 11) is 0. The smallest absolute Gasteiger partial charge is 0.271 e. The van der Waals surface area contributed by atoms with Gasteiger partial charge in [0.25, 0.3) is 5.69 Å². The third-order valence-corrected chi connectivity index (χ3v) is 2.64. The fourth-order valence-corrected chi connectivity index (χ4v) is 1.61. The standard InChI is InChI=1S/C13H12FN3O2/c14-10-3-1-9(2-4-10)8-16-13-7-11(17(18)19)5-6-12(13)15/h1-7,16H,8,15H2. The van der Waals surface area contributed by atoms with E-state index < -0.39 is 4.92 Å². The van der Waals surface area contributed by atoms with Crippen molar-refractivity contribution in [2.75, 3.05) is 11.1 Å². The SMILES string of the molecule is Nc1ccc([N+](=O)[O-])cc1NCc1ccc(F)cc1. The van der Waals surface area contributed by atoms with Crippen molar-refractivity contribution in [3.8, 4) is 0 Å². The van der Waals surface area contributed by atoms with E-state index in [4.69, 9.17) is 5.73 Å². The normalized spacial score (nSPS) is 10.2. The summed E-state index contributed by atoms with van der Waals surface area (Å²) in [6, 6.07) is 10.2. The zero-order valence-electron chi connectivity index (χ0n) is 9.97. The highest BCUT2D eigenvalue weighted by Crippen LogP contribution is 2.24. The Morgan fingerprint density at radius 3 is 2.53 bits per heavy atom. The molecule has 3 N–H and O–H groups in total. The topological polar surface area (TPSA) is 81.2 Å². The first kappa shape index (κ1) is 12.8. The number of anilines is 2. The number of halogens is 1. The van der Waals surface area contributed by atoms with E-state index in [2.05, 4.69) is 5.32 Å². The molecule has 0 saturated carbocycles. The number of rotatable bonds is 4. The van der Waals surface area contributed by atoms with Crippen LogP contribution in [0.4, 0.5) is 21.5 Å². The van der Waals surface area contributed by atoms with Crippen molar-refractivity contribution in [2.45, 2.75) is 6.54 Å². The first-order chi connectivity index (χ1) is 9.06. The van der Waals surface area contributed by atoms with Crippen LogP contribution in [0.15, 0.2) is 42.5 Å². The van der Waals surface area contributed by atoms with Crippen molar-refractivity contribution in [1.29, 1.82) is 0 Å². The van der Waals surface area contributed by atoms with Gasteiger partial charge in [-0.3, -0.25) is 10.1 Å². The molecular formula is C13H12FN3O2. The lowest BCUT2D eigenvalue weighted by atomic mass is 10.2. The van der Waals surface area contributed by atoms with Crippen molar-refractivity contribution in [2.24, 2.45) is 0 Å². The Morgan fingerprint density at radius 2 is 1.89 bits per heavy atom. The fourth-order valence-electron chi connectivity index (χ4n) is 1.61. The van der Waals surface area contributed by atoms with Crippen LogP contribution in [0.1, 0.15) is 5.56 Å². The van der Waals surface area contributed by atoms with Crippen molar-refractivity contribution in [3.05, 3.63) is 64.0 Å². The van der Waals surface area contributed by atoms with Crippen LogP contribution in [-0.2, 0) is 6.54 Å². The van der Waals surface area contributed by atoms with Crippen LogP contribution in [0, 0.1) is 15.9 Å². The van der Waals surface area contributed by atoms with E-state index in [1.807, 2.05) is 0 Å². The van der Waals surface area contributed by atoms with Crippen LogP contribution in [0.5, 0.6) is 0 Å². The maximum absolute atomic E-state index is 12.7. The molecule has 19 heavy (non-hydrogen) atoms. The molecule has 2 aromatic carbocycles. The Hall–Kier alpha value is -2.63. The van der Waals surface area contributed by atoms with Gasteiger partial charge in [0.2, 0.25) is 0 Å². The second-order valence-corrected chi connectivity index (χ2v) is 4.01. The molecule has 6 heteroatoms. The highest BCUT2D eigenvalue weighted by Gasteiger charge is 2.08. The number of hydrogen-bond donors (Lipinski definition) is 2. The van der Waals surface area contributed by atoms with E-state index in [1.54, 1.807) is 12.1 Å². The second kappa shape index (κ2) is 5.34. The molecule has 5 nitrogen and oxygen atoms in total. The Bertz CT molecular complexity index is 599. The minimum atomic E-state index is -0.484. The Labute approximate surface area is 109 Å². The van der Waals surface area contributed by atoms with Crippen LogP contribution in [-0.4, -0.2) is 4.92 Å². The zero-order chi connectivity index (χ0) is 13.8. The number of nitrogens with zero attached hydrogens (tertiary/aromatic N) is 1. The summed E-state index contributed by atoms with van der Waals surface area (Å²) in [6.45, 7) is 0.408. The maximum atomic E-state index is 12.7. The van der Waals surface area contributed by atoms with E-state index in [9.17, 15) is 14.5 Å². The van der Waals surface area contributed by atoms with E-state index in [0.29, 0.717) is 17.9 Å². The van der Waals surface area contributed by atoms with Crippen molar-refractivity contribution in [3.63, 3.8) is 0 Å². The van der Waals surface area contributed by atoms with Gasteiger partial charge in [-0.25, -0.2) is 4.39 Å². The third kappa shape index (κ3) is 3.19. The highest BCUT2D eigenvalue weighted by atomic mass is 19.1. The van der Waals surface area contributed by atoms with Gasteiger partial charge in [-0.1, -0.05) is 12.1 Å². The van der Waals surface area contributed by atoms with Crippen LogP contribution < -0.4 is 11.1 Å². The van der Waals surface area contributed by atoms with Gasteiger partial charge in [0.15, 0.2) is 0 Å². The van der Waals surface area contributed by atoms with E-state index in [0.717, 1.165) is 5.56 Å². The molecule has 0 spiro atoms. The van der Waals surface area contributed by atoms with E-state index in [1.165, 1.54) is 30.3 Å². The molecule has 98 valence electrons. The van der Waals surface area contributed by atoms with Crippen LogP contribution >= 0.6 is 0 Å². The molecule has 0 amide bonds. The lowest BCUT2D eigenvalue weighted by Gasteiger charge is -2.09. The predicted molar refractivity (Wildman–Crippen MR) is 71.2 cm³/mol. The number of benzene rings is 2. The van der Waals surface area contributed by atoms with E-state index in [-0.39, 0.29) is 11.5 Å². The number of nitro benzene ring substituents is 1. The monoisotopic (exact) mass is 261 g/mol. The van der Waals surface area contributed by atoms with Gasteiger partial charge in [-0.05, 0) is 23.8 Å². The minimum Gasteiger partial charge on any atom is -0.397 e. The number of hydrogen-bond acceptors (Lipinski definition) is 4. The molecule has 0 atom stereocenters. The lowest BCUT2D eigenvalue weighted by molar-refractivity contribution is -0.384. The Morgan fingerprint density at radius 1 is 1.21 bits per heavy atom. The van der Waals surface area contributed by atoms with E-state index >= 15 is 0 Å². The maximum Gasteiger partial charge on any atom is 0.271 e. The number of nitrogens with two attached hydrogens (primary N) is 1. The molecule has 0 saturated heterocycles. The van der Waals surface area contributed by atoms with Gasteiger partial charge < -0.3 is 11.1 Å². The Kier molecular flexibility index (Phi) is 3.61. The van der Waals surface area contributed by atoms with Crippen molar-refractivity contribution in [1.82, 2.24) is 0 Å². The second-order valence-electron chi connectivity index (χ2n) is 4.01. The van der Waals surface area contributed by atoms with Crippen LogP contribution in [0.3, 0.4) is 0 Å². The first-order valence-corrected chi connectivity index (χ1v) is 5.58. The minimum absolute atomic E-state index is 0.0317. The van der Waals surface area contributed by atoms with Crippen LogP contribution in [0.25, 0.3) is 0 Å². The summed E-state index contributed by atoms with van der Waals surface area (Å²) in [5.41, 5.74) is 7.46. The van der Waals surface area contributed by atoms with Crippen molar-refractivity contribution < 1.29 is 9.31 Å². The summed E-state index contributed by atoms with van der Waals surface area (Å²) >= 11 is 0. The number of nitrogen functional groups attached to an aromatic ring is 1. The lowest BCUT2D eigenvalue weighted by Crippen LogP contribution is -2.03. The summed E-state index contributed by atoms with van der Waals surface area (Å²) in [5.74, 6) is -0.307. The number of non-ortho nitro benzene ring substituents is 1. The average Bonchev–Trinajstić information content (AvgIpc) is 2.39. The Balaban J connectivity index is 2.12. The van der Waals surface area contributed by atoms with Gasteiger partial charge >= 0.3 is 0 Å². The molecule has 0 unspecified atom stereocenters. The van der Waals surface area contributed by atoms with Gasteiger partial charge in [0.05, 0.1) is 16.3 Å². The molecule has 0 radical (unpaired) electrons. The molecule has 0 bridgehead atoms. The molecule has 0 aromatic heterocycles. The number of nitro groups is 1. The molecule has 0 fully saturated rings. The quantitative estimate of drug-likeness (QED) is 0.503. The first-order valence-electron chi connectivity index (χ1n) is 5.58. The summed E-state index contributed by atoms with van der Waals surface area (Å²) in [4.78, 5) is 10.2. The molecule has 0 aliphatic carbocycles. The summed E-state index contributed by atoms with van der Waals surface area (Å²) in [5, 5.41) is 13.7. The number of nitrogens with one attached hydrogen (secondary N) is 1. The highest BCUT2D eigenvalue weighted by molar-refractivity contribution is 5.69. The van der Waals surface area contributed by atoms with Crippen molar-refractivity contribution >= 4 is 17.1 Å². The van der Waals surface area contributed by atoms with Gasteiger partial charge in [0.1, 0.15) is 5.82 Å². The predicted octanol–water partition coefficient (Wildman–Crippen LogP) is 2.93. The van der Waals surface area contributed by atoms with Gasteiger partial charge in [0, 0.05) is 18.7 Å². The zero-order valence-corrected chi connectivity index (χ0v) is 9.97. The molecule has 0 heterocycles. The molecule has 2 aromatic rings. The average molecular weight is 261 g/mol. The summed E-state index contributed by atoms with van der Waals surface area (Å²) in [6.07, 6.45) is 0.